The summed E-state index contributed by atoms with van der Waals surface area (Å²) >= 11 is 0. The number of unbranched alkanes of at least 4 members (excludes halogenated alkanes) is 31. The van der Waals surface area contributed by atoms with Crippen molar-refractivity contribution in [2.45, 2.75) is 350 Å². The van der Waals surface area contributed by atoms with Crippen LogP contribution in [0.3, 0.4) is 0 Å². The van der Waals surface area contributed by atoms with Crippen LogP contribution >= 0.6 is 15.6 Å². The molecule has 0 aliphatic carbocycles. The maximum absolute atomic E-state index is 13.0. The van der Waals surface area contributed by atoms with Crippen molar-refractivity contribution in [1.82, 2.24) is 0 Å². The molecule has 0 spiro atoms. The van der Waals surface area contributed by atoms with Gasteiger partial charge in [-0.25, -0.2) is 9.13 Å². The highest BCUT2D eigenvalue weighted by Gasteiger charge is 2.30. The molecule has 87 heavy (non-hydrogen) atoms. The Kier molecular flexibility index (Phi) is 56.6. The molecule has 516 valence electrons. The summed E-state index contributed by atoms with van der Waals surface area (Å²) in [5.41, 5.74) is 0. The highest BCUT2D eigenvalue weighted by molar-refractivity contribution is 7.47. The first-order chi connectivity index (χ1) is 41.6. The summed E-state index contributed by atoms with van der Waals surface area (Å²) in [5.74, 6) is 0.784. The summed E-state index contributed by atoms with van der Waals surface area (Å²) in [6.45, 7) is 14.0. The average Bonchev–Trinajstić information content (AvgIpc) is 3.68. The lowest BCUT2D eigenvalue weighted by Crippen LogP contribution is -2.30. The molecule has 0 aromatic carbocycles. The molecule has 0 aromatic heterocycles. The largest absolute Gasteiger partial charge is 0.472 e. The Bertz CT molecular complexity index is 1730. The first kappa shape index (κ1) is 85.1. The lowest BCUT2D eigenvalue weighted by atomic mass is 10.0. The van der Waals surface area contributed by atoms with Crippen molar-refractivity contribution in [2.24, 2.45) is 23.7 Å². The number of hydrogen-bond acceptors (Lipinski definition) is 15. The van der Waals surface area contributed by atoms with Crippen LogP contribution in [0.4, 0.5) is 0 Å². The van der Waals surface area contributed by atoms with E-state index in [0.29, 0.717) is 31.6 Å². The Labute approximate surface area is 530 Å². The molecule has 19 heteroatoms. The third-order valence-electron chi connectivity index (χ3n) is 15.6. The third-order valence-corrected chi connectivity index (χ3v) is 17.5. The molecule has 0 radical (unpaired) electrons. The van der Waals surface area contributed by atoms with E-state index in [2.05, 4.69) is 55.4 Å². The number of carbonyl (C=O) groups is 4. The van der Waals surface area contributed by atoms with E-state index >= 15 is 0 Å². The minimum atomic E-state index is -4.95. The quantitative estimate of drug-likeness (QED) is 0.0222. The molecule has 0 bridgehead atoms. The van der Waals surface area contributed by atoms with Crippen molar-refractivity contribution >= 4 is 39.5 Å². The summed E-state index contributed by atoms with van der Waals surface area (Å²) in [5, 5.41) is 10.6. The fraction of sp³-hybridized carbons (Fsp3) is 0.941. The van der Waals surface area contributed by atoms with Crippen LogP contribution in [-0.4, -0.2) is 96.7 Å². The highest BCUT2D eigenvalue weighted by Crippen LogP contribution is 2.45. The number of carbonyl (C=O) groups excluding carboxylic acids is 4. The van der Waals surface area contributed by atoms with Crippen molar-refractivity contribution in [2.75, 3.05) is 39.6 Å². The Morgan fingerprint density at radius 2 is 0.483 bits per heavy atom. The zero-order chi connectivity index (χ0) is 64.7. The highest BCUT2D eigenvalue weighted by atomic mass is 31.2. The molecule has 3 N–H and O–H groups in total. The van der Waals surface area contributed by atoms with Crippen LogP contribution in [0, 0.1) is 23.7 Å². The van der Waals surface area contributed by atoms with Gasteiger partial charge in [-0.3, -0.25) is 37.3 Å². The third kappa shape index (κ3) is 62.6. The number of aliphatic hydroxyl groups excluding tert-OH is 1. The van der Waals surface area contributed by atoms with Crippen LogP contribution < -0.4 is 0 Å². The number of ether oxygens (including phenoxy) is 4. The van der Waals surface area contributed by atoms with E-state index in [1.54, 1.807) is 0 Å². The summed E-state index contributed by atoms with van der Waals surface area (Å²) < 4.78 is 68.2. The van der Waals surface area contributed by atoms with Gasteiger partial charge in [0.2, 0.25) is 0 Å². The Morgan fingerprint density at radius 1 is 0.287 bits per heavy atom. The van der Waals surface area contributed by atoms with Gasteiger partial charge in [-0.2, -0.15) is 0 Å². The van der Waals surface area contributed by atoms with Crippen LogP contribution in [0.15, 0.2) is 0 Å². The van der Waals surface area contributed by atoms with Crippen molar-refractivity contribution in [3.05, 3.63) is 0 Å². The van der Waals surface area contributed by atoms with E-state index in [9.17, 15) is 43.2 Å². The number of aliphatic hydroxyl groups is 1. The Morgan fingerprint density at radius 3 is 0.713 bits per heavy atom. The van der Waals surface area contributed by atoms with Gasteiger partial charge in [-0.1, -0.05) is 280 Å². The standard InChI is InChI=1S/C68H132O17P2/c1-58(2)44-36-28-20-14-11-9-10-12-16-24-34-42-50-67(72)85-64(55-79-66(71)49-41-33-27-26-31-39-47-61(7)8)57-83-87(76,77)81-53-62(69)52-80-86(74,75)82-56-63(54-78-65(70)48-40-32-23-19-18-22-30-38-46-60(5)6)84-68(73)51-43-35-25-17-13-15-21-29-37-45-59(3)4/h58-64,69H,9-57H2,1-8H3,(H,74,75)(H,76,77)/t62?,63-,64-/m1/s1. The van der Waals surface area contributed by atoms with Crippen LogP contribution in [0.5, 0.6) is 0 Å². The molecule has 3 unspecified atom stereocenters. The van der Waals surface area contributed by atoms with Crippen molar-refractivity contribution in [1.29, 1.82) is 0 Å². The van der Waals surface area contributed by atoms with Gasteiger partial charge in [-0.05, 0) is 49.4 Å². The smallest absolute Gasteiger partial charge is 0.462 e. The molecule has 0 amide bonds. The zero-order valence-corrected chi connectivity index (χ0v) is 58.4. The molecule has 0 aliphatic rings. The molecule has 0 fully saturated rings. The first-order valence-electron chi connectivity index (χ1n) is 35.2. The molecule has 5 atom stereocenters. The molecular formula is C68H132O17P2. The maximum Gasteiger partial charge on any atom is 0.472 e. The van der Waals surface area contributed by atoms with Crippen LogP contribution in [0.1, 0.15) is 331 Å². The average molecular weight is 1280 g/mol. The zero-order valence-electron chi connectivity index (χ0n) is 56.6. The second kappa shape index (κ2) is 57.9. The van der Waals surface area contributed by atoms with Gasteiger partial charge in [0.05, 0.1) is 26.4 Å². The van der Waals surface area contributed by atoms with E-state index < -0.39 is 97.5 Å². The fourth-order valence-electron chi connectivity index (χ4n) is 10.1. The maximum atomic E-state index is 13.0. The minimum Gasteiger partial charge on any atom is -0.462 e. The molecule has 0 heterocycles. The van der Waals surface area contributed by atoms with E-state index in [-0.39, 0.29) is 25.7 Å². The number of phosphoric acid groups is 2. The molecule has 17 nitrogen and oxygen atoms in total. The molecule has 0 rings (SSSR count). The van der Waals surface area contributed by atoms with Crippen LogP contribution in [-0.2, 0) is 65.4 Å². The second-order valence-electron chi connectivity index (χ2n) is 26.5. The van der Waals surface area contributed by atoms with Crippen LogP contribution in [0.2, 0.25) is 0 Å². The number of rotatable bonds is 65. The number of esters is 4. The normalized spacial score (nSPS) is 14.3. The summed E-state index contributed by atoms with van der Waals surface area (Å²) in [7, 11) is -9.90. The monoisotopic (exact) mass is 1280 g/mol. The van der Waals surface area contributed by atoms with Crippen LogP contribution in [0.25, 0.3) is 0 Å². The van der Waals surface area contributed by atoms with E-state index in [1.165, 1.54) is 128 Å². The van der Waals surface area contributed by atoms with Gasteiger partial charge in [0.15, 0.2) is 12.2 Å². The number of hydrogen-bond donors (Lipinski definition) is 3. The van der Waals surface area contributed by atoms with Gasteiger partial charge < -0.3 is 33.8 Å². The molecule has 0 saturated heterocycles. The fourth-order valence-corrected chi connectivity index (χ4v) is 11.7. The van der Waals surface area contributed by atoms with E-state index in [4.69, 9.17) is 37.0 Å². The Balaban J connectivity index is 5.24. The first-order valence-corrected chi connectivity index (χ1v) is 38.2. The molecule has 0 saturated carbocycles. The summed E-state index contributed by atoms with van der Waals surface area (Å²) in [6, 6.07) is 0. The van der Waals surface area contributed by atoms with Gasteiger partial charge in [-0.15, -0.1) is 0 Å². The summed E-state index contributed by atoms with van der Waals surface area (Å²) in [4.78, 5) is 72.4. The molecule has 0 aliphatic heterocycles. The van der Waals surface area contributed by atoms with E-state index in [0.717, 1.165) is 114 Å². The second-order valence-corrected chi connectivity index (χ2v) is 29.4. The van der Waals surface area contributed by atoms with Crippen molar-refractivity contribution in [3.8, 4) is 0 Å². The van der Waals surface area contributed by atoms with E-state index in [1.807, 2.05) is 0 Å². The Hall–Kier alpha value is -1.94. The topological polar surface area (TPSA) is 237 Å². The van der Waals surface area contributed by atoms with Crippen molar-refractivity contribution < 1.29 is 80.2 Å². The number of phosphoric ester groups is 2. The van der Waals surface area contributed by atoms with Gasteiger partial charge in [0.1, 0.15) is 19.3 Å². The van der Waals surface area contributed by atoms with Gasteiger partial charge >= 0.3 is 39.5 Å². The predicted molar refractivity (Wildman–Crippen MR) is 349 cm³/mol. The summed E-state index contributed by atoms with van der Waals surface area (Å²) in [6.07, 6.45) is 39.1. The lowest BCUT2D eigenvalue weighted by Gasteiger charge is -2.21. The minimum absolute atomic E-state index is 0.104. The van der Waals surface area contributed by atoms with Gasteiger partial charge in [0.25, 0.3) is 0 Å². The predicted octanol–water partition coefficient (Wildman–Crippen LogP) is 18.9. The van der Waals surface area contributed by atoms with Gasteiger partial charge in [0, 0.05) is 25.7 Å². The molecular weight excluding hydrogens is 1150 g/mol. The SMILES string of the molecule is CC(C)CCCCCCCCCCCCCCC(=O)O[C@H](COC(=O)CCCCCCCCC(C)C)COP(=O)(O)OCC(O)COP(=O)(O)OC[C@@H](COC(=O)CCCCCCCCCCC(C)C)OC(=O)CCCCCCCCCCCC(C)C. The molecule has 0 aromatic rings. The van der Waals surface area contributed by atoms with Crippen molar-refractivity contribution in [3.63, 3.8) is 0 Å². The lowest BCUT2D eigenvalue weighted by molar-refractivity contribution is -0.161.